The van der Waals surface area contributed by atoms with Crippen LogP contribution in [0.1, 0.15) is 56.8 Å². The van der Waals surface area contributed by atoms with Crippen LogP contribution in [0.4, 0.5) is 0 Å². The van der Waals surface area contributed by atoms with Gasteiger partial charge in [-0.25, -0.2) is 0 Å². The van der Waals surface area contributed by atoms with Crippen molar-refractivity contribution in [2.24, 2.45) is 5.73 Å². The Morgan fingerprint density at radius 3 is 2.81 bits per heavy atom. The standard InChI is InChI=1S/C11H19N3OS/c1-8(12)11-13-10(14-15-11)7-16-9-5-3-2-4-6-9/h8-9H,2-7,12H2,1H3/t8-/m0/s1. The predicted octanol–water partition coefficient (Wildman–Crippen LogP) is 2.66. The lowest BCUT2D eigenvalue weighted by Crippen LogP contribution is -2.08. The maximum atomic E-state index is 5.66. The first-order valence-corrected chi connectivity index (χ1v) is 7.00. The van der Waals surface area contributed by atoms with E-state index in [2.05, 4.69) is 10.1 Å². The van der Waals surface area contributed by atoms with E-state index in [0.717, 1.165) is 16.8 Å². The maximum Gasteiger partial charge on any atom is 0.243 e. The molecule has 2 rings (SSSR count). The molecule has 0 radical (unpaired) electrons. The van der Waals surface area contributed by atoms with E-state index in [1.807, 2.05) is 18.7 Å². The number of thioether (sulfide) groups is 1. The summed E-state index contributed by atoms with van der Waals surface area (Å²) in [4.78, 5) is 4.27. The molecule has 1 atom stereocenters. The van der Waals surface area contributed by atoms with Gasteiger partial charge in [-0.3, -0.25) is 0 Å². The highest BCUT2D eigenvalue weighted by Crippen LogP contribution is 2.29. The number of rotatable bonds is 4. The van der Waals surface area contributed by atoms with Gasteiger partial charge in [0.25, 0.3) is 0 Å². The molecule has 0 aromatic carbocycles. The summed E-state index contributed by atoms with van der Waals surface area (Å²) in [7, 11) is 0. The molecule has 1 saturated carbocycles. The van der Waals surface area contributed by atoms with Crippen LogP contribution in [0.25, 0.3) is 0 Å². The number of aromatic nitrogens is 2. The third kappa shape index (κ3) is 3.22. The number of hydrogen-bond acceptors (Lipinski definition) is 5. The normalized spacial score (nSPS) is 19.9. The van der Waals surface area contributed by atoms with E-state index in [1.54, 1.807) is 0 Å². The van der Waals surface area contributed by atoms with Crippen molar-refractivity contribution in [1.82, 2.24) is 10.1 Å². The van der Waals surface area contributed by atoms with Gasteiger partial charge in [0.15, 0.2) is 5.82 Å². The SMILES string of the molecule is C[C@H](N)c1nc(CSC2CCCCC2)no1. The summed E-state index contributed by atoms with van der Waals surface area (Å²) in [5.41, 5.74) is 5.66. The van der Waals surface area contributed by atoms with E-state index in [4.69, 9.17) is 10.3 Å². The molecule has 0 amide bonds. The minimum atomic E-state index is -0.166. The monoisotopic (exact) mass is 241 g/mol. The van der Waals surface area contributed by atoms with Crippen molar-refractivity contribution in [3.8, 4) is 0 Å². The second-order valence-electron chi connectivity index (χ2n) is 4.41. The highest BCUT2D eigenvalue weighted by atomic mass is 32.2. The van der Waals surface area contributed by atoms with E-state index in [1.165, 1.54) is 32.1 Å². The highest BCUT2D eigenvalue weighted by Gasteiger charge is 2.16. The maximum absolute atomic E-state index is 5.66. The molecular weight excluding hydrogens is 222 g/mol. The molecule has 0 spiro atoms. The largest absolute Gasteiger partial charge is 0.338 e. The summed E-state index contributed by atoms with van der Waals surface area (Å²) in [6, 6.07) is -0.166. The molecule has 1 aliphatic carbocycles. The quantitative estimate of drug-likeness (QED) is 0.878. The summed E-state index contributed by atoms with van der Waals surface area (Å²) >= 11 is 1.95. The average Bonchev–Trinajstić information content (AvgIpc) is 2.76. The van der Waals surface area contributed by atoms with Gasteiger partial charge in [0.2, 0.25) is 5.89 Å². The molecule has 16 heavy (non-hydrogen) atoms. The Morgan fingerprint density at radius 1 is 1.44 bits per heavy atom. The lowest BCUT2D eigenvalue weighted by atomic mass is 10.0. The Morgan fingerprint density at radius 2 is 2.19 bits per heavy atom. The second kappa shape index (κ2) is 5.68. The lowest BCUT2D eigenvalue weighted by molar-refractivity contribution is 0.358. The Bertz CT molecular complexity index is 321. The molecule has 0 aliphatic heterocycles. The predicted molar refractivity (Wildman–Crippen MR) is 65.1 cm³/mol. The zero-order chi connectivity index (χ0) is 11.4. The van der Waals surface area contributed by atoms with Gasteiger partial charge in [-0.05, 0) is 19.8 Å². The van der Waals surface area contributed by atoms with Gasteiger partial charge in [0.1, 0.15) is 0 Å². The van der Waals surface area contributed by atoms with Crippen LogP contribution in [0.15, 0.2) is 4.52 Å². The van der Waals surface area contributed by atoms with Crippen LogP contribution in [0.2, 0.25) is 0 Å². The van der Waals surface area contributed by atoms with E-state index in [0.29, 0.717) is 5.89 Å². The van der Waals surface area contributed by atoms with Gasteiger partial charge in [-0.1, -0.05) is 24.4 Å². The molecule has 1 aliphatic rings. The van der Waals surface area contributed by atoms with Gasteiger partial charge < -0.3 is 10.3 Å². The Balaban J connectivity index is 1.79. The Kier molecular flexibility index (Phi) is 4.23. The molecule has 1 heterocycles. The number of nitrogens with zero attached hydrogens (tertiary/aromatic N) is 2. The minimum absolute atomic E-state index is 0.166. The lowest BCUT2D eigenvalue weighted by Gasteiger charge is -2.19. The average molecular weight is 241 g/mol. The number of nitrogens with two attached hydrogens (primary N) is 1. The van der Waals surface area contributed by atoms with E-state index < -0.39 is 0 Å². The van der Waals surface area contributed by atoms with Gasteiger partial charge in [0, 0.05) is 5.25 Å². The van der Waals surface area contributed by atoms with Gasteiger partial charge in [-0.15, -0.1) is 0 Å². The van der Waals surface area contributed by atoms with Crippen molar-refractivity contribution < 1.29 is 4.52 Å². The molecule has 5 heteroatoms. The van der Waals surface area contributed by atoms with Crippen molar-refractivity contribution in [2.75, 3.05) is 0 Å². The van der Waals surface area contributed by atoms with Crippen LogP contribution in [0, 0.1) is 0 Å². The fraction of sp³-hybridized carbons (Fsp3) is 0.818. The summed E-state index contributed by atoms with van der Waals surface area (Å²) in [6.45, 7) is 1.85. The first-order chi connectivity index (χ1) is 7.75. The summed E-state index contributed by atoms with van der Waals surface area (Å²) in [5, 5.41) is 4.72. The van der Waals surface area contributed by atoms with Crippen molar-refractivity contribution in [3.05, 3.63) is 11.7 Å². The van der Waals surface area contributed by atoms with Crippen LogP contribution in [0.5, 0.6) is 0 Å². The molecule has 0 unspecified atom stereocenters. The topological polar surface area (TPSA) is 64.9 Å². The zero-order valence-corrected chi connectivity index (χ0v) is 10.5. The fourth-order valence-electron chi connectivity index (χ4n) is 1.94. The summed E-state index contributed by atoms with van der Waals surface area (Å²) in [5.74, 6) is 2.17. The van der Waals surface area contributed by atoms with E-state index in [-0.39, 0.29) is 6.04 Å². The van der Waals surface area contributed by atoms with Gasteiger partial charge in [-0.2, -0.15) is 16.7 Å². The van der Waals surface area contributed by atoms with Crippen molar-refractivity contribution in [1.29, 1.82) is 0 Å². The summed E-state index contributed by atoms with van der Waals surface area (Å²) < 4.78 is 5.07. The first kappa shape index (κ1) is 11.9. The van der Waals surface area contributed by atoms with Gasteiger partial charge >= 0.3 is 0 Å². The first-order valence-electron chi connectivity index (χ1n) is 5.95. The van der Waals surface area contributed by atoms with Crippen LogP contribution in [-0.4, -0.2) is 15.4 Å². The molecule has 0 bridgehead atoms. The molecule has 1 fully saturated rings. The third-order valence-electron chi connectivity index (χ3n) is 2.87. The van der Waals surface area contributed by atoms with E-state index in [9.17, 15) is 0 Å². The number of hydrogen-bond donors (Lipinski definition) is 1. The van der Waals surface area contributed by atoms with Crippen molar-refractivity contribution >= 4 is 11.8 Å². The third-order valence-corrected chi connectivity index (χ3v) is 4.24. The van der Waals surface area contributed by atoms with Crippen LogP contribution in [0.3, 0.4) is 0 Å². The molecular formula is C11H19N3OS. The molecule has 1 aromatic rings. The van der Waals surface area contributed by atoms with E-state index >= 15 is 0 Å². The summed E-state index contributed by atoms with van der Waals surface area (Å²) in [6.07, 6.45) is 6.81. The van der Waals surface area contributed by atoms with Crippen molar-refractivity contribution in [3.63, 3.8) is 0 Å². The minimum Gasteiger partial charge on any atom is -0.338 e. The fourth-order valence-corrected chi connectivity index (χ4v) is 3.10. The van der Waals surface area contributed by atoms with Crippen LogP contribution < -0.4 is 5.73 Å². The molecule has 4 nitrogen and oxygen atoms in total. The molecule has 1 aromatic heterocycles. The molecule has 0 saturated heterocycles. The Hall–Kier alpha value is -0.550. The molecule has 2 N–H and O–H groups in total. The Labute approximate surface area is 100 Å². The van der Waals surface area contributed by atoms with Crippen LogP contribution >= 0.6 is 11.8 Å². The second-order valence-corrected chi connectivity index (χ2v) is 5.70. The van der Waals surface area contributed by atoms with Crippen LogP contribution in [-0.2, 0) is 5.75 Å². The zero-order valence-electron chi connectivity index (χ0n) is 9.69. The molecule has 90 valence electrons. The smallest absolute Gasteiger partial charge is 0.243 e. The van der Waals surface area contributed by atoms with Gasteiger partial charge in [0.05, 0.1) is 11.8 Å². The highest BCUT2D eigenvalue weighted by molar-refractivity contribution is 7.99. The van der Waals surface area contributed by atoms with Crippen molar-refractivity contribution in [2.45, 2.75) is 56.1 Å².